The molecule has 3 heterocycles. The molecular weight excluding hydrogens is 324 g/mol. The molecule has 2 aromatic rings. The summed E-state index contributed by atoms with van der Waals surface area (Å²) in [6, 6.07) is 9.52. The SMILES string of the molecule is CC(C)N1CCN(C2CN(C(=O)Cc3cn(C)c4ccccc34)C2)CC1. The van der Waals surface area contributed by atoms with Gasteiger partial charge in [-0.1, -0.05) is 18.2 Å². The number of hydrogen-bond acceptors (Lipinski definition) is 3. The monoisotopic (exact) mass is 354 g/mol. The van der Waals surface area contributed by atoms with Gasteiger partial charge in [0, 0.05) is 75.5 Å². The summed E-state index contributed by atoms with van der Waals surface area (Å²) in [6.45, 7) is 10.9. The van der Waals surface area contributed by atoms with Crippen molar-refractivity contribution in [3.05, 3.63) is 36.0 Å². The van der Waals surface area contributed by atoms with Gasteiger partial charge >= 0.3 is 0 Å². The first kappa shape index (κ1) is 17.6. The molecule has 0 N–H and O–H groups in total. The number of rotatable bonds is 4. The Balaban J connectivity index is 1.31. The van der Waals surface area contributed by atoms with Gasteiger partial charge in [0.05, 0.1) is 6.42 Å². The van der Waals surface area contributed by atoms with Crippen LogP contribution in [0.2, 0.25) is 0 Å². The molecule has 0 unspecified atom stereocenters. The fraction of sp³-hybridized carbons (Fsp3) is 0.571. The number of nitrogens with zero attached hydrogens (tertiary/aromatic N) is 4. The second kappa shape index (κ2) is 7.05. The van der Waals surface area contributed by atoms with Crippen LogP contribution in [0.3, 0.4) is 0 Å². The highest BCUT2D eigenvalue weighted by Gasteiger charge is 2.36. The number of piperazine rings is 1. The van der Waals surface area contributed by atoms with E-state index in [0.717, 1.165) is 44.8 Å². The lowest BCUT2D eigenvalue weighted by atomic mass is 10.0. The van der Waals surface area contributed by atoms with E-state index in [1.54, 1.807) is 0 Å². The molecule has 5 heteroatoms. The van der Waals surface area contributed by atoms with Crippen LogP contribution in [0.5, 0.6) is 0 Å². The third-order valence-corrected chi connectivity index (χ3v) is 6.13. The van der Waals surface area contributed by atoms with E-state index in [0.29, 0.717) is 18.5 Å². The molecule has 2 fully saturated rings. The molecule has 2 aliphatic heterocycles. The van der Waals surface area contributed by atoms with Gasteiger partial charge in [-0.25, -0.2) is 0 Å². The molecule has 5 nitrogen and oxygen atoms in total. The van der Waals surface area contributed by atoms with Gasteiger partial charge in [-0.2, -0.15) is 0 Å². The molecule has 1 aromatic heterocycles. The average Bonchev–Trinajstić information content (AvgIpc) is 2.90. The highest BCUT2D eigenvalue weighted by molar-refractivity contribution is 5.89. The van der Waals surface area contributed by atoms with Gasteiger partial charge in [0.25, 0.3) is 0 Å². The van der Waals surface area contributed by atoms with Crippen LogP contribution in [0, 0.1) is 0 Å². The highest BCUT2D eigenvalue weighted by atomic mass is 16.2. The van der Waals surface area contributed by atoms with Gasteiger partial charge in [0.2, 0.25) is 5.91 Å². The summed E-state index contributed by atoms with van der Waals surface area (Å²) >= 11 is 0. The van der Waals surface area contributed by atoms with Crippen LogP contribution in [0.15, 0.2) is 30.5 Å². The van der Waals surface area contributed by atoms with Crippen LogP contribution in [0.25, 0.3) is 10.9 Å². The summed E-state index contributed by atoms with van der Waals surface area (Å²) in [5, 5.41) is 1.20. The first-order valence-electron chi connectivity index (χ1n) is 9.81. The van der Waals surface area contributed by atoms with Crippen molar-refractivity contribution in [2.45, 2.75) is 32.4 Å². The van der Waals surface area contributed by atoms with Gasteiger partial charge < -0.3 is 9.47 Å². The minimum atomic E-state index is 0.262. The Kier molecular flexibility index (Phi) is 4.76. The van der Waals surface area contributed by atoms with Crippen LogP contribution in [0.4, 0.5) is 0 Å². The molecule has 140 valence electrons. The van der Waals surface area contributed by atoms with E-state index >= 15 is 0 Å². The van der Waals surface area contributed by atoms with Crippen LogP contribution < -0.4 is 0 Å². The van der Waals surface area contributed by atoms with Gasteiger partial charge in [0.15, 0.2) is 0 Å². The van der Waals surface area contributed by atoms with Crippen molar-refractivity contribution in [2.24, 2.45) is 7.05 Å². The molecule has 0 bridgehead atoms. The van der Waals surface area contributed by atoms with Gasteiger partial charge in [-0.15, -0.1) is 0 Å². The van der Waals surface area contributed by atoms with E-state index < -0.39 is 0 Å². The molecule has 0 radical (unpaired) electrons. The van der Waals surface area contributed by atoms with Crippen LogP contribution in [-0.4, -0.2) is 76.5 Å². The van der Waals surface area contributed by atoms with Crippen molar-refractivity contribution >= 4 is 16.8 Å². The van der Waals surface area contributed by atoms with Crippen molar-refractivity contribution in [3.63, 3.8) is 0 Å². The molecule has 0 atom stereocenters. The molecule has 26 heavy (non-hydrogen) atoms. The van der Waals surface area contributed by atoms with Gasteiger partial charge in [-0.05, 0) is 25.5 Å². The van der Waals surface area contributed by atoms with Crippen molar-refractivity contribution in [2.75, 3.05) is 39.3 Å². The number of carbonyl (C=O) groups is 1. The summed E-state index contributed by atoms with van der Waals surface area (Å²) < 4.78 is 2.12. The molecular formula is C21H30N4O. The molecule has 4 rings (SSSR count). The topological polar surface area (TPSA) is 31.7 Å². The summed E-state index contributed by atoms with van der Waals surface area (Å²) in [6.07, 6.45) is 2.61. The largest absolute Gasteiger partial charge is 0.350 e. The predicted molar refractivity (Wildman–Crippen MR) is 105 cm³/mol. The lowest BCUT2D eigenvalue weighted by molar-refractivity contribution is -0.138. The maximum absolute atomic E-state index is 12.7. The number of fused-ring (bicyclic) bond motifs is 1. The quantitative estimate of drug-likeness (QED) is 0.841. The smallest absolute Gasteiger partial charge is 0.227 e. The standard InChI is InChI=1S/C21H30N4O/c1-16(2)23-8-10-24(11-9-23)18-14-25(15-18)21(26)12-17-13-22(3)20-7-5-4-6-19(17)20/h4-7,13,16,18H,8-12,14-15H2,1-3H3. The number of para-hydroxylation sites is 1. The first-order chi connectivity index (χ1) is 12.5. The summed E-state index contributed by atoms with van der Waals surface area (Å²) in [5.74, 6) is 0.262. The zero-order valence-electron chi connectivity index (χ0n) is 16.2. The highest BCUT2D eigenvalue weighted by Crippen LogP contribution is 2.23. The number of carbonyl (C=O) groups excluding carboxylic acids is 1. The van der Waals surface area contributed by atoms with E-state index in [-0.39, 0.29) is 5.91 Å². The normalized spacial score (nSPS) is 20.1. The Labute approximate surface area is 156 Å². The van der Waals surface area contributed by atoms with E-state index in [4.69, 9.17) is 0 Å². The number of likely N-dealkylation sites (tertiary alicyclic amines) is 1. The lowest BCUT2D eigenvalue weighted by Gasteiger charge is -2.48. The fourth-order valence-electron chi connectivity index (χ4n) is 4.35. The van der Waals surface area contributed by atoms with Crippen molar-refractivity contribution in [3.8, 4) is 0 Å². The minimum absolute atomic E-state index is 0.262. The molecule has 0 aliphatic carbocycles. The van der Waals surface area contributed by atoms with Crippen molar-refractivity contribution in [1.29, 1.82) is 0 Å². The van der Waals surface area contributed by atoms with E-state index in [1.165, 1.54) is 10.9 Å². The van der Waals surface area contributed by atoms with E-state index in [9.17, 15) is 4.79 Å². The summed E-state index contributed by atoms with van der Waals surface area (Å²) in [4.78, 5) is 19.8. The second-order valence-electron chi connectivity index (χ2n) is 8.08. The Bertz CT molecular complexity index is 782. The zero-order valence-corrected chi connectivity index (χ0v) is 16.2. The van der Waals surface area contributed by atoms with Crippen molar-refractivity contribution < 1.29 is 4.79 Å². The van der Waals surface area contributed by atoms with E-state index in [1.807, 2.05) is 24.1 Å². The average molecular weight is 354 g/mol. The fourth-order valence-corrected chi connectivity index (χ4v) is 4.35. The third kappa shape index (κ3) is 3.26. The molecule has 2 saturated heterocycles. The zero-order chi connectivity index (χ0) is 18.3. The minimum Gasteiger partial charge on any atom is -0.350 e. The Morgan fingerprint density at radius 2 is 1.81 bits per heavy atom. The summed E-state index contributed by atoms with van der Waals surface area (Å²) in [7, 11) is 2.05. The predicted octanol–water partition coefficient (Wildman–Crippen LogP) is 1.96. The second-order valence-corrected chi connectivity index (χ2v) is 8.08. The van der Waals surface area contributed by atoms with Crippen molar-refractivity contribution in [1.82, 2.24) is 19.3 Å². The van der Waals surface area contributed by atoms with Gasteiger partial charge in [0.1, 0.15) is 0 Å². The Hall–Kier alpha value is -1.85. The number of aryl methyl sites for hydroxylation is 1. The molecule has 1 aromatic carbocycles. The lowest BCUT2D eigenvalue weighted by Crippen LogP contribution is -2.64. The molecule has 0 spiro atoms. The van der Waals surface area contributed by atoms with Crippen LogP contribution in [0.1, 0.15) is 19.4 Å². The number of amides is 1. The Morgan fingerprint density at radius 1 is 1.12 bits per heavy atom. The maximum atomic E-state index is 12.7. The third-order valence-electron chi connectivity index (χ3n) is 6.13. The Morgan fingerprint density at radius 3 is 2.50 bits per heavy atom. The molecule has 0 saturated carbocycles. The number of benzene rings is 1. The first-order valence-corrected chi connectivity index (χ1v) is 9.81. The van der Waals surface area contributed by atoms with Crippen LogP contribution >= 0.6 is 0 Å². The number of aromatic nitrogens is 1. The summed E-state index contributed by atoms with van der Waals surface area (Å²) in [5.41, 5.74) is 2.34. The molecule has 1 amide bonds. The maximum Gasteiger partial charge on any atom is 0.227 e. The van der Waals surface area contributed by atoms with E-state index in [2.05, 4.69) is 46.5 Å². The number of hydrogen-bond donors (Lipinski definition) is 0. The molecule has 2 aliphatic rings. The van der Waals surface area contributed by atoms with Gasteiger partial charge in [-0.3, -0.25) is 14.6 Å². The van der Waals surface area contributed by atoms with Crippen LogP contribution in [-0.2, 0) is 18.3 Å².